The smallest absolute Gasteiger partial charge is 0.412 e. The van der Waals surface area contributed by atoms with Crippen molar-refractivity contribution in [2.75, 3.05) is 5.32 Å². The summed E-state index contributed by atoms with van der Waals surface area (Å²) in [4.78, 5) is 11.5. The Hall–Kier alpha value is -2.87. The highest BCUT2D eigenvalue weighted by molar-refractivity contribution is 5.85. The molecule has 5 heteroatoms. The van der Waals surface area contributed by atoms with Crippen LogP contribution in [-0.4, -0.2) is 6.09 Å². The lowest BCUT2D eigenvalue weighted by Gasteiger charge is -2.09. The molecule has 3 nitrogen and oxygen atoms in total. The van der Waals surface area contributed by atoms with Gasteiger partial charge in [0.1, 0.15) is 12.3 Å². The van der Waals surface area contributed by atoms with Gasteiger partial charge in [0.15, 0.2) is 11.6 Å². The molecule has 0 aromatic heterocycles. The van der Waals surface area contributed by atoms with Crippen LogP contribution in [0.1, 0.15) is 11.1 Å². The summed E-state index contributed by atoms with van der Waals surface area (Å²) in [7, 11) is 0. The Labute approximate surface area is 120 Å². The number of hydrogen-bond donors (Lipinski definition) is 1. The van der Waals surface area contributed by atoms with Crippen LogP contribution in [0.25, 0.3) is 0 Å². The summed E-state index contributed by atoms with van der Waals surface area (Å²) in [5, 5.41) is 2.02. The number of terminal acetylenes is 1. The van der Waals surface area contributed by atoms with E-state index in [1.165, 1.54) is 0 Å². The molecule has 1 N–H and O–H groups in total. The molecule has 0 aliphatic rings. The standard InChI is InChI=1S/C16H11F2NO2/c1-2-11-8-13(17)15(14(18)9-11)19-16(20)21-10-12-6-4-3-5-7-12/h1,3-9H,10H2,(H,19,20). The summed E-state index contributed by atoms with van der Waals surface area (Å²) in [5.74, 6) is 0.194. The number of benzene rings is 2. The summed E-state index contributed by atoms with van der Waals surface area (Å²) in [6.07, 6.45) is 4.10. The van der Waals surface area contributed by atoms with Crippen LogP contribution in [0.4, 0.5) is 19.3 Å². The lowest BCUT2D eigenvalue weighted by atomic mass is 10.2. The van der Waals surface area contributed by atoms with E-state index in [0.717, 1.165) is 17.7 Å². The van der Waals surface area contributed by atoms with E-state index in [1.807, 2.05) is 11.4 Å². The molecule has 0 bridgehead atoms. The van der Waals surface area contributed by atoms with Crippen LogP contribution < -0.4 is 5.32 Å². The van der Waals surface area contributed by atoms with E-state index in [9.17, 15) is 13.6 Å². The van der Waals surface area contributed by atoms with Gasteiger partial charge in [-0.1, -0.05) is 36.3 Å². The van der Waals surface area contributed by atoms with Crippen molar-refractivity contribution in [1.82, 2.24) is 0 Å². The second kappa shape index (κ2) is 6.53. The summed E-state index contributed by atoms with van der Waals surface area (Å²) < 4.78 is 32.1. The van der Waals surface area contributed by atoms with E-state index in [0.29, 0.717) is 0 Å². The van der Waals surface area contributed by atoms with Crippen molar-refractivity contribution in [3.8, 4) is 12.3 Å². The number of rotatable bonds is 3. The second-order valence-corrected chi connectivity index (χ2v) is 4.15. The number of anilines is 1. The fourth-order valence-corrected chi connectivity index (χ4v) is 1.64. The number of ether oxygens (including phenoxy) is 1. The minimum atomic E-state index is -0.959. The van der Waals surface area contributed by atoms with Crippen molar-refractivity contribution in [2.45, 2.75) is 6.61 Å². The van der Waals surface area contributed by atoms with E-state index in [-0.39, 0.29) is 12.2 Å². The maximum atomic E-state index is 13.6. The summed E-state index contributed by atoms with van der Waals surface area (Å²) in [5.41, 5.74) is 0.219. The third kappa shape index (κ3) is 3.80. The van der Waals surface area contributed by atoms with Crippen LogP contribution in [0.15, 0.2) is 42.5 Å². The van der Waals surface area contributed by atoms with Crippen molar-refractivity contribution in [1.29, 1.82) is 0 Å². The van der Waals surface area contributed by atoms with Crippen LogP contribution >= 0.6 is 0 Å². The van der Waals surface area contributed by atoms with Gasteiger partial charge in [0.2, 0.25) is 0 Å². The SMILES string of the molecule is C#Cc1cc(F)c(NC(=O)OCc2ccccc2)c(F)c1. The Kier molecular flexibility index (Phi) is 4.52. The van der Waals surface area contributed by atoms with Crippen LogP contribution in [0, 0.1) is 24.0 Å². The molecule has 0 heterocycles. The highest BCUT2D eigenvalue weighted by Crippen LogP contribution is 2.20. The number of nitrogens with one attached hydrogen (secondary N) is 1. The van der Waals surface area contributed by atoms with Gasteiger partial charge in [0.25, 0.3) is 0 Å². The lowest BCUT2D eigenvalue weighted by Crippen LogP contribution is -2.15. The van der Waals surface area contributed by atoms with Gasteiger partial charge in [-0.15, -0.1) is 6.42 Å². The quantitative estimate of drug-likeness (QED) is 0.874. The third-order valence-electron chi connectivity index (χ3n) is 2.65. The third-order valence-corrected chi connectivity index (χ3v) is 2.65. The molecule has 0 radical (unpaired) electrons. The molecule has 0 unspecified atom stereocenters. The van der Waals surface area contributed by atoms with Gasteiger partial charge in [-0.05, 0) is 17.7 Å². The molecule has 0 aliphatic heterocycles. The van der Waals surface area contributed by atoms with Gasteiger partial charge in [-0.25, -0.2) is 13.6 Å². The van der Waals surface area contributed by atoms with Crippen molar-refractivity contribution < 1.29 is 18.3 Å². The van der Waals surface area contributed by atoms with E-state index < -0.39 is 23.4 Å². The number of halogens is 2. The topological polar surface area (TPSA) is 38.3 Å². The molecule has 0 fully saturated rings. The minimum absolute atomic E-state index is 0.00164. The fraction of sp³-hybridized carbons (Fsp3) is 0.0625. The van der Waals surface area contributed by atoms with Crippen molar-refractivity contribution in [3.63, 3.8) is 0 Å². The van der Waals surface area contributed by atoms with Gasteiger partial charge in [0.05, 0.1) is 0 Å². The first kappa shape index (κ1) is 14.5. The van der Waals surface area contributed by atoms with Crippen LogP contribution in [0.3, 0.4) is 0 Å². The highest BCUT2D eigenvalue weighted by Gasteiger charge is 2.14. The zero-order chi connectivity index (χ0) is 15.2. The lowest BCUT2D eigenvalue weighted by molar-refractivity contribution is 0.155. The molecular formula is C16H11F2NO2. The Morgan fingerprint density at radius 1 is 1.19 bits per heavy atom. The van der Waals surface area contributed by atoms with Crippen LogP contribution in [0.2, 0.25) is 0 Å². The van der Waals surface area contributed by atoms with Gasteiger partial charge < -0.3 is 4.74 Å². The van der Waals surface area contributed by atoms with Crippen LogP contribution in [0.5, 0.6) is 0 Å². The molecule has 2 aromatic rings. The predicted octanol–water partition coefficient (Wildman–Crippen LogP) is 3.69. The Bertz CT molecular complexity index is 670. The average Bonchev–Trinajstić information content (AvgIpc) is 2.49. The zero-order valence-electron chi connectivity index (χ0n) is 10.9. The van der Waals surface area contributed by atoms with Gasteiger partial charge in [-0.3, -0.25) is 5.32 Å². The number of hydrogen-bond acceptors (Lipinski definition) is 2. The van der Waals surface area contributed by atoms with E-state index in [1.54, 1.807) is 24.3 Å². The fourth-order valence-electron chi connectivity index (χ4n) is 1.64. The van der Waals surface area contributed by atoms with E-state index >= 15 is 0 Å². The summed E-state index contributed by atoms with van der Waals surface area (Å²) in [6.45, 7) is -0.00164. The molecule has 106 valence electrons. The van der Waals surface area contributed by atoms with E-state index in [4.69, 9.17) is 11.2 Å². The maximum absolute atomic E-state index is 13.6. The highest BCUT2D eigenvalue weighted by atomic mass is 19.1. The van der Waals surface area contributed by atoms with Crippen molar-refractivity contribution in [3.05, 3.63) is 65.2 Å². The second-order valence-electron chi connectivity index (χ2n) is 4.15. The Morgan fingerprint density at radius 2 is 1.81 bits per heavy atom. The number of amides is 1. The molecule has 2 rings (SSSR count). The van der Waals surface area contributed by atoms with Gasteiger partial charge in [0, 0.05) is 5.56 Å². The van der Waals surface area contributed by atoms with Gasteiger partial charge >= 0.3 is 6.09 Å². The normalized spacial score (nSPS) is 9.76. The first-order valence-corrected chi connectivity index (χ1v) is 6.03. The van der Waals surface area contributed by atoms with Crippen molar-refractivity contribution >= 4 is 11.8 Å². The van der Waals surface area contributed by atoms with Crippen molar-refractivity contribution in [2.24, 2.45) is 0 Å². The molecule has 0 saturated heterocycles. The Balaban J connectivity index is 2.02. The summed E-state index contributed by atoms with van der Waals surface area (Å²) in [6, 6.07) is 10.8. The number of carbonyl (C=O) groups excluding carboxylic acids is 1. The molecule has 0 saturated carbocycles. The predicted molar refractivity (Wildman–Crippen MR) is 74.5 cm³/mol. The zero-order valence-corrected chi connectivity index (χ0v) is 10.9. The van der Waals surface area contributed by atoms with Gasteiger partial charge in [-0.2, -0.15) is 0 Å². The molecule has 2 aromatic carbocycles. The van der Waals surface area contributed by atoms with E-state index in [2.05, 4.69) is 5.92 Å². The van der Waals surface area contributed by atoms with Crippen LogP contribution in [-0.2, 0) is 11.3 Å². The average molecular weight is 287 g/mol. The molecule has 21 heavy (non-hydrogen) atoms. The monoisotopic (exact) mass is 287 g/mol. The maximum Gasteiger partial charge on any atom is 0.412 e. The Morgan fingerprint density at radius 3 is 2.38 bits per heavy atom. The summed E-state index contributed by atoms with van der Waals surface area (Å²) >= 11 is 0. The first-order chi connectivity index (χ1) is 10.1. The molecule has 0 aliphatic carbocycles. The molecule has 0 atom stereocenters. The largest absolute Gasteiger partial charge is 0.444 e. The first-order valence-electron chi connectivity index (χ1n) is 6.03. The molecule has 1 amide bonds. The minimum Gasteiger partial charge on any atom is -0.444 e. The molecule has 0 spiro atoms. The number of carbonyl (C=O) groups is 1. The molecular weight excluding hydrogens is 276 g/mol.